The fraction of sp³-hybridized carbons (Fsp3) is 0.636. The average molecular weight is 554 g/mol. The number of anilines is 1. The van der Waals surface area contributed by atoms with Crippen molar-refractivity contribution in [2.45, 2.75) is 30.5 Å². The standard InChI is InChI=1S/C11H18FN6O13P3/c12-7-8(19)11(2-3-15-17-14,29-9(7)18-4-1-6(13)16-10(18)20)5-28-33(24,25)31-34(26,27)30-32(21,22)23/h1,4,7-9,19H,2-3,5H2,(H,24,25)(H,26,27)(H2,13,16,20)(H2,21,22,23)/t7-,8+,9-,11-/m1/s1. The molecule has 1 aromatic rings. The predicted octanol–water partition coefficient (Wildman–Crippen LogP) is -0.164. The van der Waals surface area contributed by atoms with Gasteiger partial charge in [0.25, 0.3) is 0 Å². The van der Waals surface area contributed by atoms with Crippen molar-refractivity contribution < 1.29 is 60.6 Å². The van der Waals surface area contributed by atoms with E-state index in [-0.39, 0.29) is 5.82 Å². The van der Waals surface area contributed by atoms with E-state index < -0.39 is 72.8 Å². The zero-order chi connectivity index (χ0) is 25.9. The average Bonchev–Trinajstić information content (AvgIpc) is 2.90. The lowest BCUT2D eigenvalue weighted by atomic mass is 9.93. The lowest BCUT2D eigenvalue weighted by Gasteiger charge is -2.31. The molecular weight excluding hydrogens is 536 g/mol. The predicted molar refractivity (Wildman–Crippen MR) is 105 cm³/mol. The van der Waals surface area contributed by atoms with Crippen LogP contribution in [-0.4, -0.2) is 65.3 Å². The number of halogens is 1. The number of alkyl halides is 1. The van der Waals surface area contributed by atoms with Crippen LogP contribution in [0, 0.1) is 0 Å². The fourth-order valence-electron chi connectivity index (χ4n) is 2.83. The van der Waals surface area contributed by atoms with Gasteiger partial charge in [0, 0.05) is 17.7 Å². The maximum Gasteiger partial charge on any atom is 0.490 e. The van der Waals surface area contributed by atoms with Crippen molar-refractivity contribution in [2.24, 2.45) is 5.11 Å². The molecule has 1 saturated heterocycles. The molecule has 2 heterocycles. The first-order valence-corrected chi connectivity index (χ1v) is 13.2. The van der Waals surface area contributed by atoms with Crippen LogP contribution in [0.5, 0.6) is 0 Å². The number of nitrogen functional groups attached to an aromatic ring is 1. The molecule has 1 aliphatic heterocycles. The highest BCUT2D eigenvalue weighted by Gasteiger charge is 2.57. The normalized spacial score (nSPS) is 28.6. The van der Waals surface area contributed by atoms with Gasteiger partial charge in [-0.15, -0.1) is 0 Å². The lowest BCUT2D eigenvalue weighted by molar-refractivity contribution is -0.129. The first-order valence-electron chi connectivity index (χ1n) is 8.65. The molecule has 6 atom stereocenters. The van der Waals surface area contributed by atoms with Gasteiger partial charge < -0.3 is 35.2 Å². The van der Waals surface area contributed by atoms with E-state index in [4.69, 9.17) is 25.8 Å². The fourth-order valence-corrected chi connectivity index (χ4v) is 5.90. The van der Waals surface area contributed by atoms with Crippen molar-refractivity contribution in [2.75, 3.05) is 18.9 Å². The third-order valence-corrected chi connectivity index (χ3v) is 7.96. The number of nitrogens with zero attached hydrogens (tertiary/aromatic N) is 5. The van der Waals surface area contributed by atoms with E-state index in [9.17, 15) is 37.8 Å². The van der Waals surface area contributed by atoms with Crippen LogP contribution in [0.4, 0.5) is 10.2 Å². The van der Waals surface area contributed by atoms with E-state index >= 15 is 0 Å². The Labute approximate surface area is 188 Å². The summed E-state index contributed by atoms with van der Waals surface area (Å²) in [5, 5.41) is 13.6. The molecule has 0 aliphatic carbocycles. The minimum Gasteiger partial charge on any atom is -0.387 e. The van der Waals surface area contributed by atoms with Crippen LogP contribution in [0.15, 0.2) is 22.2 Å². The molecule has 19 nitrogen and oxygen atoms in total. The highest BCUT2D eigenvalue weighted by molar-refractivity contribution is 7.66. The third kappa shape index (κ3) is 7.37. The number of rotatable bonds is 11. The van der Waals surface area contributed by atoms with E-state index in [1.807, 2.05) is 0 Å². The highest BCUT2D eigenvalue weighted by atomic mass is 31.3. The third-order valence-electron chi connectivity index (χ3n) is 4.18. The van der Waals surface area contributed by atoms with Crippen molar-refractivity contribution in [3.8, 4) is 0 Å². The van der Waals surface area contributed by atoms with Gasteiger partial charge in [-0.25, -0.2) is 22.9 Å². The number of phosphoric acid groups is 3. The molecule has 0 bridgehead atoms. The molecule has 7 N–H and O–H groups in total. The SMILES string of the molecule is [N-]=[N+]=NCC[C@]1(COP(=O)(O)OP(=O)(O)OP(=O)(O)O)O[C@@H](n2ccc(N)nc2=O)[C@H](F)[C@@H]1O. The van der Waals surface area contributed by atoms with Crippen molar-refractivity contribution in [1.29, 1.82) is 0 Å². The Morgan fingerprint density at radius 3 is 2.50 bits per heavy atom. The molecule has 192 valence electrons. The molecule has 0 spiro atoms. The van der Waals surface area contributed by atoms with E-state index in [1.54, 1.807) is 0 Å². The van der Waals surface area contributed by atoms with Gasteiger partial charge in [-0.05, 0) is 18.0 Å². The number of azide groups is 1. The van der Waals surface area contributed by atoms with Crippen molar-refractivity contribution in [3.05, 3.63) is 33.2 Å². The molecule has 34 heavy (non-hydrogen) atoms. The maximum absolute atomic E-state index is 14.9. The van der Waals surface area contributed by atoms with Crippen LogP contribution in [-0.2, 0) is 31.6 Å². The number of hydrogen-bond donors (Lipinski definition) is 6. The van der Waals surface area contributed by atoms with Crippen LogP contribution in [0.1, 0.15) is 12.6 Å². The smallest absolute Gasteiger partial charge is 0.387 e. The first-order chi connectivity index (χ1) is 15.5. The largest absolute Gasteiger partial charge is 0.490 e. The number of ether oxygens (including phenoxy) is 1. The lowest BCUT2D eigenvalue weighted by Crippen LogP contribution is -2.46. The summed E-state index contributed by atoms with van der Waals surface area (Å²) in [4.78, 5) is 53.8. The summed E-state index contributed by atoms with van der Waals surface area (Å²) < 4.78 is 66.7. The molecule has 0 radical (unpaired) electrons. The molecule has 23 heteroatoms. The minimum absolute atomic E-state index is 0.211. The molecule has 1 fully saturated rings. The molecule has 1 aliphatic rings. The second-order valence-corrected chi connectivity index (χ2v) is 11.0. The van der Waals surface area contributed by atoms with E-state index in [1.165, 1.54) is 0 Å². The summed E-state index contributed by atoms with van der Waals surface area (Å²) in [6, 6.07) is 1.11. The zero-order valence-electron chi connectivity index (χ0n) is 16.5. The number of hydrogen-bond acceptors (Lipinski definition) is 12. The van der Waals surface area contributed by atoms with Gasteiger partial charge in [0.1, 0.15) is 17.5 Å². The number of nitrogens with two attached hydrogens (primary N) is 1. The van der Waals surface area contributed by atoms with Gasteiger partial charge in [-0.1, -0.05) is 5.11 Å². The Balaban J connectivity index is 2.31. The molecule has 2 rings (SSSR count). The summed E-state index contributed by atoms with van der Waals surface area (Å²) >= 11 is 0. The summed E-state index contributed by atoms with van der Waals surface area (Å²) in [7, 11) is -17.2. The minimum atomic E-state index is -5.85. The van der Waals surface area contributed by atoms with Gasteiger partial charge in [-0.3, -0.25) is 9.09 Å². The summed E-state index contributed by atoms with van der Waals surface area (Å²) in [6.45, 7) is -1.76. The van der Waals surface area contributed by atoms with Gasteiger partial charge in [0.2, 0.25) is 0 Å². The Hall–Kier alpha value is -1.75. The Kier molecular flexibility index (Phi) is 8.78. The van der Waals surface area contributed by atoms with E-state index in [2.05, 4.69) is 28.2 Å². The summed E-state index contributed by atoms with van der Waals surface area (Å²) in [5.74, 6) is -0.211. The second kappa shape index (κ2) is 10.5. The van der Waals surface area contributed by atoms with Crippen molar-refractivity contribution in [1.82, 2.24) is 9.55 Å². The van der Waals surface area contributed by atoms with E-state index in [0.717, 1.165) is 12.3 Å². The second-order valence-electron chi connectivity index (χ2n) is 6.57. The molecular formula is C11H18FN6O13P3. The van der Waals surface area contributed by atoms with Crippen LogP contribution in [0.3, 0.4) is 0 Å². The van der Waals surface area contributed by atoms with Gasteiger partial charge in [0.05, 0.1) is 6.61 Å². The molecule has 0 aromatic carbocycles. The van der Waals surface area contributed by atoms with Crippen molar-refractivity contribution in [3.63, 3.8) is 0 Å². The molecule has 2 unspecified atom stereocenters. The maximum atomic E-state index is 14.9. The van der Waals surface area contributed by atoms with E-state index in [0.29, 0.717) is 4.57 Å². The monoisotopic (exact) mass is 554 g/mol. The summed E-state index contributed by atoms with van der Waals surface area (Å²) in [6.07, 6.45) is -6.02. The van der Waals surface area contributed by atoms with Crippen LogP contribution in [0.2, 0.25) is 0 Å². The van der Waals surface area contributed by atoms with Gasteiger partial charge in [0.15, 0.2) is 12.4 Å². The molecule has 0 saturated carbocycles. The topological polar surface area (TPSA) is 299 Å². The van der Waals surface area contributed by atoms with Crippen LogP contribution >= 0.6 is 23.5 Å². The number of phosphoric ester groups is 1. The molecule has 0 amide bonds. The molecule has 1 aromatic heterocycles. The Morgan fingerprint density at radius 2 is 1.94 bits per heavy atom. The number of aliphatic hydroxyl groups is 1. The Morgan fingerprint density at radius 1 is 1.29 bits per heavy atom. The van der Waals surface area contributed by atoms with Gasteiger partial charge >= 0.3 is 29.2 Å². The quantitative estimate of drug-likeness (QED) is 0.0895. The summed E-state index contributed by atoms with van der Waals surface area (Å²) in [5.41, 5.74) is 10.4. The highest BCUT2D eigenvalue weighted by Crippen LogP contribution is 2.66. The van der Waals surface area contributed by atoms with Crippen molar-refractivity contribution >= 4 is 29.3 Å². The Bertz CT molecular complexity index is 1160. The van der Waals surface area contributed by atoms with Crippen LogP contribution < -0.4 is 11.4 Å². The van der Waals surface area contributed by atoms with Gasteiger partial charge in [-0.2, -0.15) is 13.6 Å². The first kappa shape index (κ1) is 28.5. The van der Waals surface area contributed by atoms with Crippen LogP contribution in [0.25, 0.3) is 10.4 Å². The zero-order valence-corrected chi connectivity index (χ0v) is 19.2. The number of aromatic nitrogens is 2. The number of aliphatic hydroxyl groups excluding tert-OH is 1.